The Kier molecular flexibility index (Phi) is 6.00. The molecule has 4 rings (SSSR count). The summed E-state index contributed by atoms with van der Waals surface area (Å²) in [4.78, 5) is 25.3. The first-order chi connectivity index (χ1) is 15.7. The fourth-order valence-corrected chi connectivity index (χ4v) is 3.53. The van der Waals surface area contributed by atoms with Crippen LogP contribution in [0, 0.1) is 6.92 Å². The van der Waals surface area contributed by atoms with Gasteiger partial charge in [0, 0.05) is 60.2 Å². The van der Waals surface area contributed by atoms with Crippen molar-refractivity contribution in [3.05, 3.63) is 94.6 Å². The minimum atomic E-state index is -2.96. The summed E-state index contributed by atoms with van der Waals surface area (Å²) in [7, 11) is 0. The molecule has 6 nitrogen and oxygen atoms in total. The maximum Gasteiger partial charge on any atom is 0.272 e. The van der Waals surface area contributed by atoms with E-state index >= 15 is 0 Å². The van der Waals surface area contributed by atoms with Crippen LogP contribution >= 0.6 is 0 Å². The number of hydrogen-bond donors (Lipinski definition) is 2. The summed E-state index contributed by atoms with van der Waals surface area (Å²) in [6.45, 7) is 3.02. The Morgan fingerprint density at radius 2 is 1.91 bits per heavy atom. The van der Waals surface area contributed by atoms with Gasteiger partial charge in [-0.2, -0.15) is 0 Å². The lowest BCUT2D eigenvalue weighted by atomic mass is 10.0. The van der Waals surface area contributed by atoms with Crippen molar-refractivity contribution in [3.8, 4) is 0 Å². The fourth-order valence-electron chi connectivity index (χ4n) is 3.53. The standard InChI is InChI=1S/C25H23F2N5O/c1-15-18(4-6-23(28)32-15)13-31-24(33)17-7-8-29-21(12-17)10-16-3-5-22-19(9-16)11-20(14-30-22)25(2,26)27/h3-9,11-12,14H,10,13H2,1-2H3,(H2,28,32)(H,31,33). The molecule has 0 spiro atoms. The number of nitrogens with two attached hydrogens (primary N) is 1. The first-order valence-electron chi connectivity index (χ1n) is 10.4. The van der Waals surface area contributed by atoms with Gasteiger partial charge in [0.25, 0.3) is 11.8 Å². The molecule has 1 amide bonds. The van der Waals surface area contributed by atoms with Gasteiger partial charge in [-0.3, -0.25) is 14.8 Å². The molecule has 8 heteroatoms. The molecule has 33 heavy (non-hydrogen) atoms. The monoisotopic (exact) mass is 447 g/mol. The molecule has 168 valence electrons. The second kappa shape index (κ2) is 8.90. The molecule has 1 aromatic carbocycles. The number of nitrogen functional groups attached to an aromatic ring is 1. The van der Waals surface area contributed by atoms with Gasteiger partial charge in [0.05, 0.1) is 5.52 Å². The molecule has 0 atom stereocenters. The molecule has 0 aliphatic heterocycles. The van der Waals surface area contributed by atoms with E-state index in [4.69, 9.17) is 5.73 Å². The van der Waals surface area contributed by atoms with Crippen LogP contribution in [0.3, 0.4) is 0 Å². The third kappa shape index (κ3) is 5.28. The Morgan fingerprint density at radius 1 is 1.09 bits per heavy atom. The number of carbonyl (C=O) groups is 1. The first kappa shape index (κ1) is 22.3. The summed E-state index contributed by atoms with van der Waals surface area (Å²) in [5, 5.41) is 3.52. The molecule has 3 heterocycles. The number of aryl methyl sites for hydroxylation is 1. The lowest BCUT2D eigenvalue weighted by molar-refractivity contribution is 0.0173. The molecular formula is C25H23F2N5O. The lowest BCUT2D eigenvalue weighted by Gasteiger charge is -2.11. The predicted molar refractivity (Wildman–Crippen MR) is 123 cm³/mol. The van der Waals surface area contributed by atoms with Crippen LogP contribution in [-0.2, 0) is 18.9 Å². The van der Waals surface area contributed by atoms with Gasteiger partial charge >= 0.3 is 0 Å². The molecule has 0 unspecified atom stereocenters. The zero-order valence-electron chi connectivity index (χ0n) is 18.3. The molecule has 0 aliphatic rings. The normalized spacial score (nSPS) is 11.5. The van der Waals surface area contributed by atoms with Crippen LogP contribution < -0.4 is 11.1 Å². The highest BCUT2D eigenvalue weighted by atomic mass is 19.3. The van der Waals surface area contributed by atoms with Crippen molar-refractivity contribution in [1.29, 1.82) is 0 Å². The Hall–Kier alpha value is -3.94. The fraction of sp³-hybridized carbons (Fsp3) is 0.200. The minimum Gasteiger partial charge on any atom is -0.384 e. The van der Waals surface area contributed by atoms with E-state index in [-0.39, 0.29) is 11.5 Å². The molecule has 4 aromatic rings. The number of anilines is 1. The van der Waals surface area contributed by atoms with Crippen molar-refractivity contribution in [2.45, 2.75) is 32.7 Å². The second-order valence-electron chi connectivity index (χ2n) is 8.02. The lowest BCUT2D eigenvalue weighted by Crippen LogP contribution is -2.23. The maximum absolute atomic E-state index is 13.7. The highest BCUT2D eigenvalue weighted by Gasteiger charge is 2.24. The number of pyridine rings is 3. The van der Waals surface area contributed by atoms with Crippen LogP contribution in [0.25, 0.3) is 10.9 Å². The van der Waals surface area contributed by atoms with E-state index in [0.29, 0.717) is 40.9 Å². The summed E-state index contributed by atoms with van der Waals surface area (Å²) in [5.41, 5.74) is 9.89. The Morgan fingerprint density at radius 3 is 2.67 bits per heavy atom. The SMILES string of the molecule is Cc1nc(N)ccc1CNC(=O)c1ccnc(Cc2ccc3ncc(C(C)(F)F)cc3c2)c1. The molecule has 0 bridgehead atoms. The predicted octanol–water partition coefficient (Wildman–Crippen LogP) is 4.55. The van der Waals surface area contributed by atoms with Crippen molar-refractivity contribution in [2.75, 3.05) is 5.73 Å². The van der Waals surface area contributed by atoms with Crippen LogP contribution in [-0.4, -0.2) is 20.9 Å². The molecule has 0 saturated heterocycles. The summed E-state index contributed by atoms with van der Waals surface area (Å²) in [6, 6.07) is 13.9. The highest BCUT2D eigenvalue weighted by molar-refractivity contribution is 5.94. The zero-order chi connectivity index (χ0) is 23.6. The number of halogens is 2. The van der Waals surface area contributed by atoms with E-state index in [1.807, 2.05) is 25.1 Å². The number of aromatic nitrogens is 3. The van der Waals surface area contributed by atoms with Gasteiger partial charge in [-0.25, -0.2) is 13.8 Å². The number of alkyl halides is 2. The van der Waals surface area contributed by atoms with E-state index in [1.54, 1.807) is 30.5 Å². The third-order valence-electron chi connectivity index (χ3n) is 5.37. The number of amides is 1. The zero-order valence-corrected chi connectivity index (χ0v) is 18.3. The van der Waals surface area contributed by atoms with E-state index in [9.17, 15) is 13.6 Å². The molecular weight excluding hydrogens is 424 g/mol. The van der Waals surface area contributed by atoms with Crippen molar-refractivity contribution in [3.63, 3.8) is 0 Å². The number of fused-ring (bicyclic) bond motifs is 1. The number of rotatable bonds is 6. The second-order valence-corrected chi connectivity index (χ2v) is 8.02. The van der Waals surface area contributed by atoms with Gasteiger partial charge in [-0.05, 0) is 54.4 Å². The summed E-state index contributed by atoms with van der Waals surface area (Å²) in [5.74, 6) is -2.75. The van der Waals surface area contributed by atoms with Gasteiger partial charge in [-0.1, -0.05) is 12.1 Å². The van der Waals surface area contributed by atoms with E-state index < -0.39 is 5.92 Å². The van der Waals surface area contributed by atoms with Crippen molar-refractivity contribution >= 4 is 22.6 Å². The van der Waals surface area contributed by atoms with E-state index in [2.05, 4.69) is 20.3 Å². The first-order valence-corrected chi connectivity index (χ1v) is 10.4. The molecule has 0 fully saturated rings. The number of benzene rings is 1. The molecule has 0 saturated carbocycles. The Balaban J connectivity index is 1.49. The average Bonchev–Trinajstić information content (AvgIpc) is 2.77. The Bertz CT molecular complexity index is 1330. The number of hydrogen-bond acceptors (Lipinski definition) is 5. The average molecular weight is 447 g/mol. The van der Waals surface area contributed by atoms with Gasteiger partial charge in [0.1, 0.15) is 5.82 Å². The van der Waals surface area contributed by atoms with Crippen LogP contribution in [0.1, 0.15) is 45.4 Å². The maximum atomic E-state index is 13.7. The topological polar surface area (TPSA) is 93.8 Å². The quantitative estimate of drug-likeness (QED) is 0.452. The largest absolute Gasteiger partial charge is 0.384 e. The van der Waals surface area contributed by atoms with Gasteiger partial charge in [0.15, 0.2) is 0 Å². The van der Waals surface area contributed by atoms with Crippen LogP contribution in [0.15, 0.2) is 60.9 Å². The van der Waals surface area contributed by atoms with Gasteiger partial charge < -0.3 is 11.1 Å². The van der Waals surface area contributed by atoms with Gasteiger partial charge in [-0.15, -0.1) is 0 Å². The van der Waals surface area contributed by atoms with Crippen LogP contribution in [0.2, 0.25) is 0 Å². The number of carbonyl (C=O) groups excluding carboxylic acids is 1. The molecule has 3 N–H and O–H groups in total. The minimum absolute atomic E-state index is 0.129. The van der Waals surface area contributed by atoms with Crippen molar-refractivity contribution in [2.24, 2.45) is 0 Å². The summed E-state index contributed by atoms with van der Waals surface area (Å²) in [6.07, 6.45) is 3.23. The van der Waals surface area contributed by atoms with Gasteiger partial charge in [0.2, 0.25) is 0 Å². The molecule has 3 aromatic heterocycles. The number of nitrogens with one attached hydrogen (secondary N) is 1. The smallest absolute Gasteiger partial charge is 0.272 e. The molecule has 0 radical (unpaired) electrons. The summed E-state index contributed by atoms with van der Waals surface area (Å²) < 4.78 is 27.3. The van der Waals surface area contributed by atoms with E-state index in [0.717, 1.165) is 23.7 Å². The van der Waals surface area contributed by atoms with Crippen molar-refractivity contribution in [1.82, 2.24) is 20.3 Å². The van der Waals surface area contributed by atoms with E-state index in [1.165, 1.54) is 12.3 Å². The Labute approximate surface area is 189 Å². The third-order valence-corrected chi connectivity index (χ3v) is 5.37. The molecule has 0 aliphatic carbocycles. The van der Waals surface area contributed by atoms with Crippen molar-refractivity contribution < 1.29 is 13.6 Å². The number of nitrogens with zero attached hydrogens (tertiary/aromatic N) is 3. The van der Waals surface area contributed by atoms with Crippen LogP contribution in [0.4, 0.5) is 14.6 Å². The highest BCUT2D eigenvalue weighted by Crippen LogP contribution is 2.29. The van der Waals surface area contributed by atoms with Crippen LogP contribution in [0.5, 0.6) is 0 Å². The summed E-state index contributed by atoms with van der Waals surface area (Å²) >= 11 is 0.